The number of hydrogen-bond acceptors (Lipinski definition) is 8. The molecule has 12 heteroatoms. The van der Waals surface area contributed by atoms with Crippen LogP contribution in [0.2, 0.25) is 20.1 Å². The molecular formula is C27H17Cl4N3O4S. The Balaban J connectivity index is 1.35. The molecule has 1 atom stereocenters. The highest BCUT2D eigenvalue weighted by molar-refractivity contribution is 7.99. The summed E-state index contributed by atoms with van der Waals surface area (Å²) >= 11 is 26.7. The Hall–Kier alpha value is -2.85. The highest BCUT2D eigenvalue weighted by Crippen LogP contribution is 2.40. The van der Waals surface area contributed by atoms with E-state index in [-0.39, 0.29) is 12.4 Å². The van der Waals surface area contributed by atoms with Crippen molar-refractivity contribution in [1.29, 1.82) is 0 Å². The van der Waals surface area contributed by atoms with E-state index in [1.165, 1.54) is 17.8 Å². The van der Waals surface area contributed by atoms with Crippen LogP contribution in [0.3, 0.4) is 0 Å². The first kappa shape index (κ1) is 27.7. The van der Waals surface area contributed by atoms with E-state index in [0.717, 1.165) is 5.39 Å². The number of thioether (sulfide) groups is 1. The predicted octanol–water partition coefficient (Wildman–Crippen LogP) is 7.46. The minimum atomic E-state index is -0.864. The summed E-state index contributed by atoms with van der Waals surface area (Å²) in [5.74, 6) is 0.670. The van der Waals surface area contributed by atoms with Gasteiger partial charge in [0, 0.05) is 34.4 Å². The van der Waals surface area contributed by atoms with Crippen LogP contribution in [0, 0.1) is 0 Å². The fraction of sp³-hybridized carbons (Fsp3) is 0.111. The largest absolute Gasteiger partial charge is 0.491 e. The molecule has 7 nitrogen and oxygen atoms in total. The van der Waals surface area contributed by atoms with Crippen molar-refractivity contribution in [2.24, 2.45) is 0 Å². The van der Waals surface area contributed by atoms with Gasteiger partial charge in [-0.3, -0.25) is 0 Å². The van der Waals surface area contributed by atoms with E-state index in [0.29, 0.717) is 59.1 Å². The van der Waals surface area contributed by atoms with E-state index >= 15 is 0 Å². The van der Waals surface area contributed by atoms with E-state index in [9.17, 15) is 9.90 Å². The molecule has 0 aliphatic rings. The molecular weight excluding hydrogens is 604 g/mol. The Morgan fingerprint density at radius 3 is 2.26 bits per heavy atom. The Kier molecular flexibility index (Phi) is 8.61. The van der Waals surface area contributed by atoms with Crippen LogP contribution in [-0.2, 0) is 0 Å². The lowest BCUT2D eigenvalue weighted by Crippen LogP contribution is -2.20. The Labute approximate surface area is 246 Å². The highest BCUT2D eigenvalue weighted by atomic mass is 35.5. The molecule has 198 valence electrons. The van der Waals surface area contributed by atoms with Gasteiger partial charge in [-0.25, -0.2) is 9.78 Å². The third-order valence-electron chi connectivity index (χ3n) is 5.52. The summed E-state index contributed by atoms with van der Waals surface area (Å²) < 4.78 is 10.9. The zero-order valence-electron chi connectivity index (χ0n) is 19.8. The molecule has 0 radical (unpaired) electrons. The fourth-order valence-electron chi connectivity index (χ4n) is 3.66. The van der Waals surface area contributed by atoms with Crippen LogP contribution < -0.4 is 10.4 Å². The molecule has 0 aliphatic carbocycles. The molecule has 0 saturated carbocycles. The molecule has 1 N–H and O–H groups in total. The molecule has 2 aromatic heterocycles. The third kappa shape index (κ3) is 6.32. The molecule has 0 bridgehead atoms. The van der Waals surface area contributed by atoms with Gasteiger partial charge in [0.15, 0.2) is 0 Å². The van der Waals surface area contributed by atoms with Crippen molar-refractivity contribution in [3.8, 4) is 28.3 Å². The number of nitrogens with zero attached hydrogens (tertiary/aromatic N) is 3. The second-order valence-electron chi connectivity index (χ2n) is 8.22. The molecule has 5 aromatic rings. The van der Waals surface area contributed by atoms with Crippen molar-refractivity contribution in [1.82, 2.24) is 15.2 Å². The van der Waals surface area contributed by atoms with Crippen LogP contribution in [0.5, 0.6) is 5.75 Å². The van der Waals surface area contributed by atoms with Gasteiger partial charge in [0.1, 0.15) is 29.3 Å². The summed E-state index contributed by atoms with van der Waals surface area (Å²) in [6, 6.07) is 18.5. The van der Waals surface area contributed by atoms with Crippen LogP contribution in [-0.4, -0.2) is 38.8 Å². The fourth-order valence-corrected chi connectivity index (χ4v) is 5.13. The summed E-state index contributed by atoms with van der Waals surface area (Å²) in [5, 5.41) is 21.5. The Morgan fingerprint density at radius 2 is 1.54 bits per heavy atom. The van der Waals surface area contributed by atoms with Crippen molar-refractivity contribution in [3.63, 3.8) is 0 Å². The molecule has 1 unspecified atom stereocenters. The third-order valence-corrected chi connectivity index (χ3v) is 8.14. The van der Waals surface area contributed by atoms with Gasteiger partial charge in [0.2, 0.25) is 5.16 Å². The number of halogens is 4. The average molecular weight is 621 g/mol. The van der Waals surface area contributed by atoms with E-state index in [4.69, 9.17) is 55.6 Å². The van der Waals surface area contributed by atoms with Gasteiger partial charge in [-0.2, -0.15) is 0 Å². The minimum Gasteiger partial charge on any atom is -0.491 e. The zero-order valence-corrected chi connectivity index (χ0v) is 23.6. The van der Waals surface area contributed by atoms with E-state index < -0.39 is 11.7 Å². The van der Waals surface area contributed by atoms with Crippen LogP contribution in [0.4, 0.5) is 0 Å². The van der Waals surface area contributed by atoms with Crippen molar-refractivity contribution in [2.45, 2.75) is 11.3 Å². The normalized spacial score (nSPS) is 12.0. The molecule has 0 fully saturated rings. The van der Waals surface area contributed by atoms with Gasteiger partial charge in [0.05, 0.1) is 26.2 Å². The zero-order chi connectivity index (χ0) is 27.5. The van der Waals surface area contributed by atoms with Crippen molar-refractivity contribution in [3.05, 3.63) is 97.2 Å². The molecule has 5 rings (SSSR count). The quantitative estimate of drug-likeness (QED) is 0.141. The van der Waals surface area contributed by atoms with Gasteiger partial charge >= 0.3 is 5.63 Å². The Bertz CT molecular complexity index is 1730. The average Bonchev–Trinajstić information content (AvgIpc) is 2.93. The summed E-state index contributed by atoms with van der Waals surface area (Å²) in [4.78, 5) is 16.1. The molecule has 2 heterocycles. The van der Waals surface area contributed by atoms with Gasteiger partial charge < -0.3 is 14.3 Å². The predicted molar refractivity (Wildman–Crippen MR) is 155 cm³/mol. The van der Waals surface area contributed by atoms with Gasteiger partial charge in [-0.1, -0.05) is 82.4 Å². The number of aliphatic hydroxyl groups excluding tert-OH is 1. The van der Waals surface area contributed by atoms with E-state index in [2.05, 4.69) is 15.2 Å². The lowest BCUT2D eigenvalue weighted by Gasteiger charge is -2.14. The second-order valence-corrected chi connectivity index (χ2v) is 10.8. The number of hydrogen-bond donors (Lipinski definition) is 1. The van der Waals surface area contributed by atoms with Gasteiger partial charge in [0.25, 0.3) is 0 Å². The van der Waals surface area contributed by atoms with Crippen molar-refractivity contribution < 1.29 is 14.3 Å². The maximum absolute atomic E-state index is 11.5. The first-order valence-electron chi connectivity index (χ1n) is 11.4. The van der Waals surface area contributed by atoms with Crippen molar-refractivity contribution >= 4 is 69.1 Å². The van der Waals surface area contributed by atoms with Crippen LogP contribution in [0.15, 0.2) is 81.1 Å². The molecule has 0 aliphatic heterocycles. The van der Waals surface area contributed by atoms with Gasteiger partial charge in [-0.05, 0) is 30.3 Å². The van der Waals surface area contributed by atoms with Gasteiger partial charge in [-0.15, -0.1) is 10.2 Å². The standard InChI is InChI=1S/C27H17Cl4N3O4S/c28-19-5-1-3-17(23(19)30)25-26(18-4-2-6-20(29)24(18)31)33-34-27(32-25)39-13-15(35)12-37-16-9-7-14-8-10-22(36)38-21(14)11-16/h1-11,15,35H,12-13H2. The molecule has 0 amide bonds. The molecule has 3 aromatic carbocycles. The number of rotatable bonds is 8. The molecule has 0 spiro atoms. The maximum atomic E-state index is 11.5. The topological polar surface area (TPSA) is 98.3 Å². The second kappa shape index (κ2) is 12.1. The van der Waals surface area contributed by atoms with Crippen molar-refractivity contribution in [2.75, 3.05) is 12.4 Å². The first-order chi connectivity index (χ1) is 18.8. The SMILES string of the molecule is O=c1ccc2ccc(OCC(O)CSc3nnc(-c4cccc(Cl)c4Cl)c(-c4cccc(Cl)c4Cl)n3)cc2o1. The Morgan fingerprint density at radius 1 is 0.872 bits per heavy atom. The highest BCUT2D eigenvalue weighted by Gasteiger charge is 2.20. The number of aliphatic hydroxyl groups is 1. The lowest BCUT2D eigenvalue weighted by molar-refractivity contribution is 0.126. The number of benzene rings is 3. The number of ether oxygens (including phenoxy) is 1. The number of fused-ring (bicyclic) bond motifs is 1. The molecule has 39 heavy (non-hydrogen) atoms. The first-order valence-corrected chi connectivity index (χ1v) is 13.9. The van der Waals surface area contributed by atoms with E-state index in [1.807, 2.05) is 0 Å². The maximum Gasteiger partial charge on any atom is 0.336 e. The summed E-state index contributed by atoms with van der Waals surface area (Å²) in [7, 11) is 0. The van der Waals surface area contributed by atoms with Crippen LogP contribution in [0.25, 0.3) is 33.5 Å². The molecule has 0 saturated heterocycles. The van der Waals surface area contributed by atoms with E-state index in [1.54, 1.807) is 60.7 Å². The smallest absolute Gasteiger partial charge is 0.336 e. The van der Waals surface area contributed by atoms with Crippen LogP contribution >= 0.6 is 58.2 Å². The summed E-state index contributed by atoms with van der Waals surface area (Å²) in [6.45, 7) is -0.00775. The monoisotopic (exact) mass is 619 g/mol. The minimum absolute atomic E-state index is 0.00775. The van der Waals surface area contributed by atoms with Crippen LogP contribution in [0.1, 0.15) is 0 Å². The number of aromatic nitrogens is 3. The summed E-state index contributed by atoms with van der Waals surface area (Å²) in [5.41, 5.74) is 1.81. The summed E-state index contributed by atoms with van der Waals surface area (Å²) in [6.07, 6.45) is -0.864. The lowest BCUT2D eigenvalue weighted by atomic mass is 10.0.